The second-order valence-corrected chi connectivity index (χ2v) is 4.93. The molecule has 1 aliphatic heterocycles. The Morgan fingerprint density at radius 3 is 2.90 bits per heavy atom. The Hall–Kier alpha value is -2.02. The first-order valence-corrected chi connectivity index (χ1v) is 6.44. The van der Waals surface area contributed by atoms with Crippen LogP contribution in [0.25, 0.3) is 0 Å². The van der Waals surface area contributed by atoms with Gasteiger partial charge in [0.15, 0.2) is 0 Å². The van der Waals surface area contributed by atoms with Crippen LogP contribution in [0.3, 0.4) is 0 Å². The number of hydrogen-bond donors (Lipinski definition) is 2. The Balaban J connectivity index is 2.27. The fraction of sp³-hybridized carbons (Fsp3) is 0.462. The number of anilines is 1. The maximum atomic E-state index is 13.2. The predicted molar refractivity (Wildman–Crippen MR) is 71.9 cm³/mol. The number of hydrogen-bond acceptors (Lipinski definition) is 4. The number of carbonyl (C=O) groups is 1. The average molecular weight is 281 g/mol. The fourth-order valence-electron chi connectivity index (χ4n) is 2.42. The lowest BCUT2D eigenvalue weighted by Gasteiger charge is -2.25. The summed E-state index contributed by atoms with van der Waals surface area (Å²) in [6.07, 6.45) is 1.29. The number of nitrogens with one attached hydrogen (secondary N) is 2. The maximum Gasteiger partial charge on any atom is 0.292 e. The lowest BCUT2D eigenvalue weighted by Crippen LogP contribution is -2.37. The molecule has 1 saturated heterocycles. The first-order valence-electron chi connectivity index (χ1n) is 6.44. The van der Waals surface area contributed by atoms with Crippen LogP contribution < -0.4 is 10.6 Å². The van der Waals surface area contributed by atoms with Crippen molar-refractivity contribution in [3.05, 3.63) is 34.1 Å². The third kappa shape index (κ3) is 2.62. The highest BCUT2D eigenvalue weighted by molar-refractivity contribution is 5.97. The third-order valence-corrected chi connectivity index (χ3v) is 3.81. The van der Waals surface area contributed by atoms with Crippen LogP contribution in [0.4, 0.5) is 15.8 Å². The van der Waals surface area contributed by atoms with Gasteiger partial charge in [0.2, 0.25) is 5.91 Å². The van der Waals surface area contributed by atoms with Crippen molar-refractivity contribution in [3.8, 4) is 0 Å². The number of benzene rings is 1. The zero-order chi connectivity index (χ0) is 14.8. The van der Waals surface area contributed by atoms with E-state index in [1.807, 2.05) is 6.92 Å². The minimum atomic E-state index is -0.638. The molecule has 1 fully saturated rings. The molecule has 2 N–H and O–H groups in total. The molecule has 0 saturated carbocycles. The second-order valence-electron chi connectivity index (χ2n) is 4.93. The van der Waals surface area contributed by atoms with E-state index in [9.17, 15) is 19.3 Å². The molecular weight excluding hydrogens is 265 g/mol. The van der Waals surface area contributed by atoms with Gasteiger partial charge >= 0.3 is 0 Å². The summed E-state index contributed by atoms with van der Waals surface area (Å²) >= 11 is 0. The predicted octanol–water partition coefficient (Wildman–Crippen LogP) is 2.06. The van der Waals surface area contributed by atoms with Crippen LogP contribution in [0.1, 0.15) is 19.8 Å². The summed E-state index contributed by atoms with van der Waals surface area (Å²) < 4.78 is 13.2. The molecule has 1 heterocycles. The van der Waals surface area contributed by atoms with Crippen LogP contribution in [-0.2, 0) is 4.79 Å². The number of rotatable bonds is 4. The molecule has 20 heavy (non-hydrogen) atoms. The lowest BCUT2D eigenvalue weighted by molar-refractivity contribution is -0.384. The molecule has 0 aliphatic carbocycles. The lowest BCUT2D eigenvalue weighted by atomic mass is 9.83. The SMILES string of the molecule is CCC1(C(=O)Nc2cc(F)ccc2[N+](=O)[O-])CCNC1. The number of amides is 1. The Bertz CT molecular complexity index is 542. The molecule has 1 aromatic carbocycles. The quantitative estimate of drug-likeness (QED) is 0.653. The van der Waals surface area contributed by atoms with E-state index >= 15 is 0 Å². The van der Waals surface area contributed by atoms with Gasteiger partial charge in [-0.05, 0) is 25.5 Å². The summed E-state index contributed by atoms with van der Waals surface area (Å²) in [6.45, 7) is 3.15. The van der Waals surface area contributed by atoms with E-state index in [4.69, 9.17) is 0 Å². The van der Waals surface area contributed by atoms with E-state index in [2.05, 4.69) is 10.6 Å². The Morgan fingerprint density at radius 2 is 2.35 bits per heavy atom. The van der Waals surface area contributed by atoms with Crippen molar-refractivity contribution in [3.63, 3.8) is 0 Å². The van der Waals surface area contributed by atoms with Crippen molar-refractivity contribution in [2.24, 2.45) is 5.41 Å². The van der Waals surface area contributed by atoms with Crippen molar-refractivity contribution in [2.75, 3.05) is 18.4 Å². The molecule has 1 atom stereocenters. The second kappa shape index (κ2) is 5.54. The molecule has 7 heteroatoms. The fourth-order valence-corrected chi connectivity index (χ4v) is 2.42. The molecule has 1 unspecified atom stereocenters. The smallest absolute Gasteiger partial charge is 0.292 e. The van der Waals surface area contributed by atoms with E-state index < -0.39 is 16.2 Å². The molecule has 2 rings (SSSR count). The maximum absolute atomic E-state index is 13.2. The Kier molecular flexibility index (Phi) is 3.99. The summed E-state index contributed by atoms with van der Waals surface area (Å²) in [5, 5.41) is 16.5. The minimum Gasteiger partial charge on any atom is -0.320 e. The number of nitro groups is 1. The van der Waals surface area contributed by atoms with E-state index in [1.54, 1.807) is 0 Å². The van der Waals surface area contributed by atoms with Crippen molar-refractivity contribution in [1.82, 2.24) is 5.32 Å². The highest BCUT2D eigenvalue weighted by atomic mass is 19.1. The Morgan fingerprint density at radius 1 is 1.60 bits per heavy atom. The standard InChI is InChI=1S/C13H16FN3O3/c1-2-13(5-6-15-8-13)12(18)16-10-7-9(14)3-4-11(10)17(19)20/h3-4,7,15H,2,5-6,8H2,1H3,(H,16,18). The zero-order valence-corrected chi connectivity index (χ0v) is 11.1. The monoisotopic (exact) mass is 281 g/mol. The van der Waals surface area contributed by atoms with Gasteiger partial charge in [-0.15, -0.1) is 0 Å². The average Bonchev–Trinajstić information content (AvgIpc) is 2.88. The van der Waals surface area contributed by atoms with Crippen molar-refractivity contribution >= 4 is 17.3 Å². The van der Waals surface area contributed by atoms with Gasteiger partial charge in [-0.1, -0.05) is 6.92 Å². The highest BCUT2D eigenvalue weighted by Gasteiger charge is 2.40. The van der Waals surface area contributed by atoms with Crippen LogP contribution in [0.15, 0.2) is 18.2 Å². The third-order valence-electron chi connectivity index (χ3n) is 3.81. The van der Waals surface area contributed by atoms with E-state index in [1.165, 1.54) is 0 Å². The first-order chi connectivity index (χ1) is 9.48. The van der Waals surface area contributed by atoms with Crippen molar-refractivity contribution in [2.45, 2.75) is 19.8 Å². The molecule has 0 aromatic heterocycles. The van der Waals surface area contributed by atoms with E-state index in [-0.39, 0.29) is 17.3 Å². The number of carbonyl (C=O) groups excluding carboxylic acids is 1. The van der Waals surface area contributed by atoms with Crippen LogP contribution >= 0.6 is 0 Å². The topological polar surface area (TPSA) is 84.3 Å². The Labute approximate surface area is 115 Å². The summed E-state index contributed by atoms with van der Waals surface area (Å²) in [6, 6.07) is 3.03. The summed E-state index contributed by atoms with van der Waals surface area (Å²) in [5.74, 6) is -0.931. The van der Waals surface area contributed by atoms with Gasteiger partial charge in [0.05, 0.1) is 10.3 Å². The molecule has 0 bridgehead atoms. The van der Waals surface area contributed by atoms with Gasteiger partial charge in [-0.25, -0.2) is 4.39 Å². The van der Waals surface area contributed by atoms with Gasteiger partial charge < -0.3 is 10.6 Å². The molecule has 1 amide bonds. The molecule has 1 aliphatic rings. The molecule has 0 spiro atoms. The molecule has 108 valence electrons. The first kappa shape index (κ1) is 14.4. The number of nitro benzene ring substituents is 1. The largest absolute Gasteiger partial charge is 0.320 e. The molecule has 6 nitrogen and oxygen atoms in total. The van der Waals surface area contributed by atoms with Crippen LogP contribution in [0, 0.1) is 21.3 Å². The number of nitrogens with zero attached hydrogens (tertiary/aromatic N) is 1. The molecule has 1 aromatic rings. The molecular formula is C13H16FN3O3. The van der Waals surface area contributed by atoms with Crippen molar-refractivity contribution < 1.29 is 14.1 Å². The summed E-state index contributed by atoms with van der Waals surface area (Å²) in [7, 11) is 0. The van der Waals surface area contributed by atoms with Crippen LogP contribution in [-0.4, -0.2) is 23.9 Å². The van der Waals surface area contributed by atoms with Crippen LogP contribution in [0.5, 0.6) is 0 Å². The van der Waals surface area contributed by atoms with Gasteiger partial charge in [0, 0.05) is 18.7 Å². The molecule has 0 radical (unpaired) electrons. The van der Waals surface area contributed by atoms with E-state index in [0.29, 0.717) is 19.4 Å². The normalized spacial score (nSPS) is 21.7. The number of halogens is 1. The van der Waals surface area contributed by atoms with Gasteiger partial charge in [0.1, 0.15) is 11.5 Å². The van der Waals surface area contributed by atoms with Gasteiger partial charge in [0.25, 0.3) is 5.69 Å². The summed E-state index contributed by atoms with van der Waals surface area (Å²) in [4.78, 5) is 22.6. The summed E-state index contributed by atoms with van der Waals surface area (Å²) in [5.41, 5.74) is -0.989. The minimum absolute atomic E-state index is 0.0975. The van der Waals surface area contributed by atoms with Gasteiger partial charge in [-0.2, -0.15) is 0 Å². The van der Waals surface area contributed by atoms with Crippen LogP contribution in [0.2, 0.25) is 0 Å². The highest BCUT2D eigenvalue weighted by Crippen LogP contribution is 2.33. The van der Waals surface area contributed by atoms with E-state index in [0.717, 1.165) is 24.7 Å². The van der Waals surface area contributed by atoms with Crippen molar-refractivity contribution in [1.29, 1.82) is 0 Å². The zero-order valence-electron chi connectivity index (χ0n) is 11.1. The van der Waals surface area contributed by atoms with Gasteiger partial charge in [-0.3, -0.25) is 14.9 Å².